The van der Waals surface area contributed by atoms with Crippen LogP contribution in [-0.4, -0.2) is 113 Å². The molecule has 4 fully saturated rings. The van der Waals surface area contributed by atoms with Crippen molar-refractivity contribution in [3.63, 3.8) is 0 Å². The van der Waals surface area contributed by atoms with E-state index in [-0.39, 0.29) is 64.8 Å². The first-order chi connectivity index (χ1) is 33.8. The number of rotatable bonds is 13. The normalized spacial score (nSPS) is 23.9. The highest BCUT2D eigenvalue weighted by atomic mass is 35.5. The molecule has 0 radical (unpaired) electrons. The summed E-state index contributed by atoms with van der Waals surface area (Å²) in [6.07, 6.45) is 8.91. The number of nitrogens with two attached hydrogens (primary N) is 1. The van der Waals surface area contributed by atoms with Crippen molar-refractivity contribution in [2.45, 2.75) is 100 Å². The first-order valence-electron chi connectivity index (χ1n) is 24.8. The number of ether oxygens (including phenoxy) is 2. The summed E-state index contributed by atoms with van der Waals surface area (Å²) >= 11 is 6.74. The van der Waals surface area contributed by atoms with Crippen LogP contribution in [0.4, 0.5) is 19.4 Å². The molecule has 3 saturated heterocycles. The number of aliphatic hydroxyl groups is 1. The molecule has 5 N–H and O–H groups in total. The number of anilines is 1. The van der Waals surface area contributed by atoms with E-state index in [4.69, 9.17) is 26.8 Å². The van der Waals surface area contributed by atoms with Gasteiger partial charge in [-0.1, -0.05) is 54.9 Å². The van der Waals surface area contributed by atoms with Gasteiger partial charge >= 0.3 is 6.03 Å². The Morgan fingerprint density at radius 3 is 2.31 bits per heavy atom. The SMILES string of the molecule is CC1c2c(cc(F)c(Cl)c2-c2c(C(N)=O)ccc(OCCO)c2F)OC1(CNC1CCC(N2CCC(N3CCC(c4ccc5c(N6CCC(=O)NC6=O)nn(C)c5c4)CC3)CC2)CC1)c1ccccc1. The van der Waals surface area contributed by atoms with Crippen molar-refractivity contribution in [3.8, 4) is 22.6 Å². The van der Waals surface area contributed by atoms with E-state index in [1.807, 2.05) is 49.0 Å². The van der Waals surface area contributed by atoms with E-state index in [2.05, 4.69) is 43.7 Å². The molecule has 5 aliphatic rings. The maximum absolute atomic E-state index is 16.5. The van der Waals surface area contributed by atoms with Crippen molar-refractivity contribution in [1.82, 2.24) is 30.2 Å². The first kappa shape index (κ1) is 48.0. The summed E-state index contributed by atoms with van der Waals surface area (Å²) in [6.45, 7) is 6.42. The molecular weight excluding hydrogens is 918 g/mol. The van der Waals surface area contributed by atoms with Crippen molar-refractivity contribution in [3.05, 3.63) is 106 Å². The molecule has 370 valence electrons. The summed E-state index contributed by atoms with van der Waals surface area (Å²) in [5.74, 6) is -2.43. The van der Waals surface area contributed by atoms with Gasteiger partial charge in [-0.2, -0.15) is 5.10 Å². The van der Waals surface area contributed by atoms with Gasteiger partial charge < -0.3 is 35.4 Å². The Hall–Kier alpha value is -5.65. The maximum atomic E-state index is 16.5. The van der Waals surface area contributed by atoms with Gasteiger partial charge in [0.2, 0.25) is 11.8 Å². The van der Waals surface area contributed by atoms with E-state index < -0.39 is 35.1 Å². The number of imide groups is 1. The fraction of sp³-hybridized carbons (Fsp3) is 0.472. The standard InChI is InChI=1S/C53H61ClF2N8O6/c1-31-45-43(29-40(55)48(54)47(45)46-39(50(57)67)14-15-42(49(46)56)69-27-26-65)70-53(31,34-6-4-3-5-7-34)30-58-35-9-11-36(12-10-35)63-23-18-37(19-24-63)62-21-16-32(17-22-62)33-8-13-38-41(28-33)61(2)60-51(38)64-25-20-44(66)59-52(64)68/h3-8,13-15,28-29,31-32,35-37,58,65H,9-12,16-27,30H2,1-2H3,(H2,57,67)(H,59,66,68). The lowest BCUT2D eigenvalue weighted by molar-refractivity contribution is -0.120. The van der Waals surface area contributed by atoms with Gasteiger partial charge in [-0.3, -0.25) is 24.5 Å². The number of halogens is 3. The molecule has 0 spiro atoms. The van der Waals surface area contributed by atoms with Crippen LogP contribution in [0, 0.1) is 11.6 Å². The number of hydrogen-bond acceptors (Lipinski definition) is 10. The second kappa shape index (κ2) is 19.9. The molecule has 4 aliphatic heterocycles. The van der Waals surface area contributed by atoms with Gasteiger partial charge in [0.05, 0.1) is 22.7 Å². The molecule has 4 amide bonds. The van der Waals surface area contributed by atoms with Crippen LogP contribution in [0.25, 0.3) is 22.0 Å². The Balaban J connectivity index is 0.757. The van der Waals surface area contributed by atoms with Crippen molar-refractivity contribution in [1.29, 1.82) is 0 Å². The fourth-order valence-corrected chi connectivity index (χ4v) is 12.4. The number of hydrogen-bond donors (Lipinski definition) is 4. The van der Waals surface area contributed by atoms with Gasteiger partial charge in [0.25, 0.3) is 0 Å². The number of urea groups is 1. The number of fused-ring (bicyclic) bond motifs is 2. The van der Waals surface area contributed by atoms with Crippen molar-refractivity contribution < 1.29 is 37.7 Å². The zero-order valence-electron chi connectivity index (χ0n) is 39.7. The zero-order chi connectivity index (χ0) is 48.8. The molecule has 2 unspecified atom stereocenters. The number of carbonyl (C=O) groups excluding carboxylic acids is 3. The van der Waals surface area contributed by atoms with Crippen LogP contribution in [0.1, 0.15) is 104 Å². The highest BCUT2D eigenvalue weighted by Gasteiger charge is 2.50. The first-order valence-corrected chi connectivity index (χ1v) is 25.1. The molecule has 1 saturated carbocycles. The van der Waals surface area contributed by atoms with Gasteiger partial charge in [-0.05, 0) is 119 Å². The summed E-state index contributed by atoms with van der Waals surface area (Å²) in [4.78, 5) is 44.1. The number of nitrogens with zero attached hydrogens (tertiary/aromatic N) is 5. The summed E-state index contributed by atoms with van der Waals surface area (Å²) in [5, 5.41) is 20.9. The number of aryl methyl sites for hydroxylation is 1. The summed E-state index contributed by atoms with van der Waals surface area (Å²) in [7, 11) is 1.91. The van der Waals surface area contributed by atoms with Crippen molar-refractivity contribution in [2.75, 3.05) is 57.4 Å². The van der Waals surface area contributed by atoms with Gasteiger partial charge in [0.1, 0.15) is 18.2 Å². The Morgan fingerprint density at radius 2 is 1.63 bits per heavy atom. The third-order valence-electron chi connectivity index (χ3n) is 15.9. The summed E-state index contributed by atoms with van der Waals surface area (Å²) in [6, 6.07) is 21.0. The van der Waals surface area contributed by atoms with E-state index in [9.17, 15) is 19.5 Å². The lowest BCUT2D eigenvalue weighted by Crippen LogP contribution is -2.52. The molecule has 2 atom stereocenters. The average Bonchev–Trinajstić information content (AvgIpc) is 3.85. The minimum absolute atomic E-state index is 0.0150. The average molecular weight is 980 g/mol. The maximum Gasteiger partial charge on any atom is 0.329 e. The molecule has 1 aromatic heterocycles. The Bertz CT molecular complexity index is 2790. The third-order valence-corrected chi connectivity index (χ3v) is 16.3. The molecule has 0 bridgehead atoms. The number of amides is 4. The third kappa shape index (κ3) is 8.90. The predicted octanol–water partition coefficient (Wildman–Crippen LogP) is 7.72. The highest BCUT2D eigenvalue weighted by Crippen LogP contribution is 2.56. The molecule has 5 aromatic rings. The lowest BCUT2D eigenvalue weighted by atomic mass is 9.77. The number of nitrogens with one attached hydrogen (secondary N) is 2. The molecule has 4 aromatic carbocycles. The monoisotopic (exact) mass is 978 g/mol. The molecule has 10 rings (SSSR count). The van der Waals surface area contributed by atoms with Crippen LogP contribution in [-0.2, 0) is 17.4 Å². The van der Waals surface area contributed by atoms with E-state index in [1.165, 1.54) is 23.8 Å². The second-order valence-corrected chi connectivity index (χ2v) is 20.1. The van der Waals surface area contributed by atoms with Crippen LogP contribution in [0.2, 0.25) is 5.02 Å². The molecule has 1 aliphatic carbocycles. The van der Waals surface area contributed by atoms with Gasteiger partial charge in [0, 0.05) is 78.7 Å². The number of piperidine rings is 2. The molecule has 5 heterocycles. The number of carbonyl (C=O) groups is 3. The topological polar surface area (TPSA) is 168 Å². The van der Waals surface area contributed by atoms with Gasteiger partial charge in [-0.25, -0.2) is 13.6 Å². The second-order valence-electron chi connectivity index (χ2n) is 19.7. The van der Waals surface area contributed by atoms with Crippen molar-refractivity contribution in [2.24, 2.45) is 12.8 Å². The number of aromatic nitrogens is 2. The quantitative estimate of drug-likeness (QED) is 0.0918. The Morgan fingerprint density at radius 1 is 0.929 bits per heavy atom. The zero-order valence-corrected chi connectivity index (χ0v) is 40.5. The van der Waals surface area contributed by atoms with Gasteiger partial charge in [0.15, 0.2) is 23.0 Å². The molecule has 14 nitrogen and oxygen atoms in total. The fourth-order valence-electron chi connectivity index (χ4n) is 12.1. The predicted molar refractivity (Wildman–Crippen MR) is 263 cm³/mol. The number of likely N-dealkylation sites (tertiary alicyclic amines) is 2. The number of primary amides is 1. The van der Waals surface area contributed by atoms with Crippen molar-refractivity contribution >= 4 is 46.2 Å². The number of benzene rings is 4. The minimum atomic E-state index is -1.04. The van der Waals surface area contributed by atoms with E-state index in [1.54, 1.807) is 4.90 Å². The van der Waals surface area contributed by atoms with Crippen LogP contribution in [0.5, 0.6) is 11.5 Å². The van der Waals surface area contributed by atoms with Crippen LogP contribution < -0.4 is 30.7 Å². The summed E-state index contributed by atoms with van der Waals surface area (Å²) < 4.78 is 46.5. The highest BCUT2D eigenvalue weighted by molar-refractivity contribution is 6.34. The Labute approximate surface area is 411 Å². The van der Waals surface area contributed by atoms with E-state index >= 15 is 8.78 Å². The summed E-state index contributed by atoms with van der Waals surface area (Å²) in [5.41, 5.74) is 7.88. The Kier molecular flexibility index (Phi) is 13.6. The van der Waals surface area contributed by atoms with Crippen LogP contribution in [0.15, 0.2) is 66.7 Å². The van der Waals surface area contributed by atoms with Gasteiger partial charge in [-0.15, -0.1) is 0 Å². The molecular formula is C53H61ClF2N8O6. The molecule has 17 heteroatoms. The van der Waals surface area contributed by atoms with Crippen LogP contribution in [0.3, 0.4) is 0 Å². The minimum Gasteiger partial charge on any atom is -0.488 e. The smallest absolute Gasteiger partial charge is 0.329 e. The molecule has 70 heavy (non-hydrogen) atoms. The van der Waals surface area contributed by atoms with E-state index in [0.29, 0.717) is 42.5 Å². The van der Waals surface area contributed by atoms with E-state index in [0.717, 1.165) is 94.0 Å². The lowest BCUT2D eigenvalue weighted by Gasteiger charge is -2.45. The van der Waals surface area contributed by atoms with Crippen LogP contribution >= 0.6 is 11.6 Å². The largest absolute Gasteiger partial charge is 0.488 e. The number of aliphatic hydroxyl groups excluding tert-OH is 1.